The Balaban J connectivity index is 1.64. The molecule has 7 heteroatoms. The van der Waals surface area contributed by atoms with E-state index in [0.29, 0.717) is 23.8 Å². The summed E-state index contributed by atoms with van der Waals surface area (Å²) in [6.07, 6.45) is 2.22. The van der Waals surface area contributed by atoms with E-state index in [4.69, 9.17) is 4.74 Å². The van der Waals surface area contributed by atoms with Crippen molar-refractivity contribution < 1.29 is 19.1 Å². The van der Waals surface area contributed by atoms with Crippen LogP contribution in [0.25, 0.3) is 0 Å². The van der Waals surface area contributed by atoms with Gasteiger partial charge in [0, 0.05) is 37.3 Å². The van der Waals surface area contributed by atoms with Gasteiger partial charge in [-0.2, -0.15) is 0 Å². The largest absolute Gasteiger partial charge is 0.497 e. The molecule has 0 bridgehead atoms. The number of nitrogens with one attached hydrogen (secondary N) is 1. The van der Waals surface area contributed by atoms with Crippen LogP contribution in [0.4, 0.5) is 5.69 Å². The van der Waals surface area contributed by atoms with Crippen molar-refractivity contribution >= 4 is 23.4 Å². The highest BCUT2D eigenvalue weighted by Crippen LogP contribution is 2.54. The zero-order chi connectivity index (χ0) is 23.3. The number of amides is 3. The number of ether oxygens (including phenoxy) is 1. The molecule has 3 aliphatic rings. The summed E-state index contributed by atoms with van der Waals surface area (Å²) in [5.74, 6) is -0.437. The number of carbonyl (C=O) groups excluding carboxylic acids is 3. The first kappa shape index (κ1) is 21.5. The Kier molecular flexibility index (Phi) is 5.15. The van der Waals surface area contributed by atoms with E-state index in [0.717, 1.165) is 24.1 Å². The molecule has 2 aromatic rings. The Hall–Kier alpha value is -3.35. The average Bonchev–Trinajstić information content (AvgIpc) is 3.61. The Morgan fingerprint density at radius 2 is 1.91 bits per heavy atom. The Labute approximate surface area is 193 Å². The van der Waals surface area contributed by atoms with Gasteiger partial charge in [-0.25, -0.2) is 0 Å². The van der Waals surface area contributed by atoms with Crippen LogP contribution in [0.2, 0.25) is 0 Å². The van der Waals surface area contributed by atoms with Crippen LogP contribution < -0.4 is 15.0 Å². The van der Waals surface area contributed by atoms with Crippen LogP contribution in [0.5, 0.6) is 5.75 Å². The van der Waals surface area contributed by atoms with Crippen molar-refractivity contribution in [3.8, 4) is 5.75 Å². The summed E-state index contributed by atoms with van der Waals surface area (Å²) in [7, 11) is 3.15. The molecule has 1 N–H and O–H groups in total. The summed E-state index contributed by atoms with van der Waals surface area (Å²) in [4.78, 5) is 44.4. The highest BCUT2D eigenvalue weighted by atomic mass is 16.5. The molecule has 2 heterocycles. The molecule has 3 atom stereocenters. The second-order valence-electron chi connectivity index (χ2n) is 9.41. The Morgan fingerprint density at radius 3 is 2.61 bits per heavy atom. The number of para-hydroxylation sites is 1. The molecule has 7 nitrogen and oxygen atoms in total. The molecule has 2 fully saturated rings. The van der Waals surface area contributed by atoms with Crippen molar-refractivity contribution in [1.29, 1.82) is 0 Å². The van der Waals surface area contributed by atoms with E-state index in [1.165, 1.54) is 0 Å². The quantitative estimate of drug-likeness (QED) is 0.765. The van der Waals surface area contributed by atoms with Gasteiger partial charge >= 0.3 is 0 Å². The maximum atomic E-state index is 14.2. The summed E-state index contributed by atoms with van der Waals surface area (Å²) < 4.78 is 5.30. The topological polar surface area (TPSA) is 79.0 Å². The van der Waals surface area contributed by atoms with Crippen molar-refractivity contribution in [3.63, 3.8) is 0 Å². The monoisotopic (exact) mass is 447 g/mol. The number of likely N-dealkylation sites (tertiary alicyclic amines) is 1. The maximum absolute atomic E-state index is 14.2. The third-order valence-corrected chi connectivity index (χ3v) is 7.47. The molecule has 2 aliphatic heterocycles. The van der Waals surface area contributed by atoms with Gasteiger partial charge in [0.15, 0.2) is 0 Å². The van der Waals surface area contributed by atoms with E-state index in [1.807, 2.05) is 36.1 Å². The van der Waals surface area contributed by atoms with Crippen molar-refractivity contribution in [2.75, 3.05) is 32.1 Å². The van der Waals surface area contributed by atoms with Crippen molar-refractivity contribution in [2.24, 2.45) is 11.8 Å². The third kappa shape index (κ3) is 3.29. The fourth-order valence-corrected chi connectivity index (χ4v) is 5.56. The Bertz CT molecular complexity index is 1130. The zero-order valence-electron chi connectivity index (χ0n) is 19.2. The fraction of sp³-hybridized carbons (Fsp3) is 0.423. The van der Waals surface area contributed by atoms with E-state index in [2.05, 4.69) is 5.32 Å². The van der Waals surface area contributed by atoms with E-state index in [1.54, 1.807) is 43.3 Å². The third-order valence-electron chi connectivity index (χ3n) is 7.47. The lowest BCUT2D eigenvalue weighted by atomic mass is 9.71. The molecule has 1 aliphatic carbocycles. The van der Waals surface area contributed by atoms with Gasteiger partial charge in [0.25, 0.3) is 11.8 Å². The van der Waals surface area contributed by atoms with Crippen LogP contribution >= 0.6 is 0 Å². The number of benzene rings is 2. The summed E-state index contributed by atoms with van der Waals surface area (Å²) in [6.45, 7) is 2.65. The first-order valence-corrected chi connectivity index (χ1v) is 11.5. The van der Waals surface area contributed by atoms with Gasteiger partial charge in [0.05, 0.1) is 13.0 Å². The molecule has 0 radical (unpaired) electrons. The SMILES string of the molecule is CNC(=O)[C@H]1CN(C(=O)c2cccc(OC)c2)[C@]2(C)C(=O)N(CC3CC3)c3ccccc3[C@H]12. The first-order chi connectivity index (χ1) is 15.9. The van der Waals surface area contributed by atoms with Gasteiger partial charge in [-0.15, -0.1) is 0 Å². The van der Waals surface area contributed by atoms with Gasteiger partial charge in [-0.3, -0.25) is 14.4 Å². The number of fused-ring (bicyclic) bond motifs is 3. The minimum absolute atomic E-state index is 0.110. The number of methoxy groups -OCH3 is 1. The predicted molar refractivity (Wildman–Crippen MR) is 124 cm³/mol. The second kappa shape index (κ2) is 7.90. The normalized spacial score (nSPS) is 26.0. The number of rotatable bonds is 5. The van der Waals surface area contributed by atoms with Crippen LogP contribution in [-0.2, 0) is 9.59 Å². The van der Waals surface area contributed by atoms with Crippen molar-refractivity contribution in [2.45, 2.75) is 31.2 Å². The zero-order valence-corrected chi connectivity index (χ0v) is 19.2. The molecule has 33 heavy (non-hydrogen) atoms. The molecule has 0 aromatic heterocycles. The van der Waals surface area contributed by atoms with Crippen molar-refractivity contribution in [1.82, 2.24) is 10.2 Å². The minimum atomic E-state index is -1.17. The molecule has 0 unspecified atom stereocenters. The molecule has 0 spiro atoms. The summed E-state index contributed by atoms with van der Waals surface area (Å²) in [6, 6.07) is 14.8. The number of nitrogens with zero attached hydrogens (tertiary/aromatic N) is 2. The van der Waals surface area contributed by atoms with Gasteiger partial charge in [-0.05, 0) is 55.5 Å². The van der Waals surface area contributed by atoms with Crippen LogP contribution in [0.15, 0.2) is 48.5 Å². The lowest BCUT2D eigenvalue weighted by molar-refractivity contribution is -0.129. The van der Waals surface area contributed by atoms with E-state index in [9.17, 15) is 14.4 Å². The van der Waals surface area contributed by atoms with E-state index in [-0.39, 0.29) is 24.3 Å². The van der Waals surface area contributed by atoms with Gasteiger partial charge in [0.1, 0.15) is 11.3 Å². The summed E-state index contributed by atoms with van der Waals surface area (Å²) in [5.41, 5.74) is 1.09. The molecule has 5 rings (SSSR count). The van der Waals surface area contributed by atoms with Crippen LogP contribution in [0, 0.1) is 11.8 Å². The molecule has 172 valence electrons. The summed E-state index contributed by atoms with van der Waals surface area (Å²) in [5, 5.41) is 2.75. The van der Waals surface area contributed by atoms with Crippen molar-refractivity contribution in [3.05, 3.63) is 59.7 Å². The molecular weight excluding hydrogens is 418 g/mol. The van der Waals surface area contributed by atoms with Crippen LogP contribution in [-0.4, -0.2) is 55.4 Å². The number of carbonyl (C=O) groups is 3. The molecule has 1 saturated heterocycles. The highest BCUT2D eigenvalue weighted by molar-refractivity contribution is 6.09. The van der Waals surface area contributed by atoms with Gasteiger partial charge < -0.3 is 19.9 Å². The molecular formula is C26H29N3O4. The van der Waals surface area contributed by atoms with Gasteiger partial charge in [-0.1, -0.05) is 24.3 Å². The van der Waals surface area contributed by atoms with Gasteiger partial charge in [0.2, 0.25) is 5.91 Å². The lowest BCUT2D eigenvalue weighted by Crippen LogP contribution is -2.62. The average molecular weight is 448 g/mol. The van der Waals surface area contributed by atoms with E-state index < -0.39 is 17.4 Å². The minimum Gasteiger partial charge on any atom is -0.497 e. The maximum Gasteiger partial charge on any atom is 0.254 e. The molecule has 3 amide bonds. The van der Waals surface area contributed by atoms with Crippen LogP contribution in [0.1, 0.15) is 41.6 Å². The summed E-state index contributed by atoms with van der Waals surface area (Å²) >= 11 is 0. The Morgan fingerprint density at radius 1 is 1.15 bits per heavy atom. The molecule has 1 saturated carbocycles. The fourth-order valence-electron chi connectivity index (χ4n) is 5.56. The predicted octanol–water partition coefficient (Wildman–Crippen LogP) is 2.81. The standard InChI is InChI=1S/C26H29N3O4/c1-26-22(19-9-4-5-10-21(19)28(25(26)32)14-16-11-12-16)20(23(30)27-2)15-29(26)24(31)17-7-6-8-18(13-17)33-3/h4-10,13,16,20,22H,11-12,14-15H2,1-3H3,(H,27,30)/t20-,22+,26-/m0/s1. The molecule has 2 aromatic carbocycles. The second-order valence-corrected chi connectivity index (χ2v) is 9.41. The number of anilines is 1. The smallest absolute Gasteiger partial charge is 0.254 e. The lowest BCUT2D eigenvalue weighted by Gasteiger charge is -2.46. The highest BCUT2D eigenvalue weighted by Gasteiger charge is 2.63. The number of hydrogen-bond acceptors (Lipinski definition) is 4. The van der Waals surface area contributed by atoms with E-state index >= 15 is 0 Å². The number of hydrogen-bond donors (Lipinski definition) is 1. The van der Waals surface area contributed by atoms with Crippen LogP contribution in [0.3, 0.4) is 0 Å². The first-order valence-electron chi connectivity index (χ1n) is 11.5.